The lowest BCUT2D eigenvalue weighted by Crippen LogP contribution is -2.21. The second kappa shape index (κ2) is 4.33. The summed E-state index contributed by atoms with van der Waals surface area (Å²) in [5.74, 6) is -0.604. The predicted octanol–water partition coefficient (Wildman–Crippen LogP) is 3.00. The lowest BCUT2D eigenvalue weighted by molar-refractivity contribution is 0.0740. The Balaban J connectivity index is 2.71. The first-order valence-electron chi connectivity index (χ1n) is 3.34. The molecule has 0 aromatic heterocycles. The number of rotatable bonds is 2. The first kappa shape index (κ1) is 10.9. The van der Waals surface area contributed by atoms with Gasteiger partial charge in [0.1, 0.15) is 0 Å². The number of carbonyl (C=O) groups is 1. The lowest BCUT2D eigenvalue weighted by Gasteiger charge is -2.08. The van der Waals surface area contributed by atoms with Crippen molar-refractivity contribution in [3.63, 3.8) is 0 Å². The van der Waals surface area contributed by atoms with Crippen LogP contribution in [0.25, 0.3) is 0 Å². The molecular weight excluding hydrogens is 251 g/mol. The zero-order chi connectivity index (χ0) is 9.90. The van der Waals surface area contributed by atoms with Gasteiger partial charge in [-0.1, -0.05) is 51.4 Å². The Bertz CT molecular complexity index is 296. The Labute approximate surface area is 90.6 Å². The van der Waals surface area contributed by atoms with E-state index in [1.165, 1.54) is 0 Å². The molecule has 70 valence electrons. The van der Waals surface area contributed by atoms with E-state index in [0.717, 1.165) is 0 Å². The van der Waals surface area contributed by atoms with E-state index in [4.69, 9.17) is 33.2 Å². The van der Waals surface area contributed by atoms with Crippen molar-refractivity contribution in [3.05, 3.63) is 35.9 Å². The highest BCUT2D eigenvalue weighted by Gasteiger charge is 2.32. The quantitative estimate of drug-likeness (QED) is 0.600. The van der Waals surface area contributed by atoms with E-state index < -0.39 is 12.2 Å². The van der Waals surface area contributed by atoms with Crippen LogP contribution in [0.2, 0.25) is 0 Å². The van der Waals surface area contributed by atoms with Gasteiger partial charge in [0.15, 0.2) is 0 Å². The summed E-state index contributed by atoms with van der Waals surface area (Å²) in [5.41, 5.74) is 0.376. The van der Waals surface area contributed by atoms with Crippen molar-refractivity contribution in [2.45, 2.75) is 0 Å². The Hall–Kier alpha value is -0.223. The summed E-state index contributed by atoms with van der Waals surface area (Å²) in [6, 6.07) is 8.37. The molecular formula is C7H5Cl3O2Si. The minimum atomic E-state index is -3.34. The van der Waals surface area contributed by atoms with Crippen molar-refractivity contribution >= 4 is 45.5 Å². The number of hydrogen-bond donors (Lipinski definition) is 0. The van der Waals surface area contributed by atoms with E-state index in [1.54, 1.807) is 30.3 Å². The van der Waals surface area contributed by atoms with Gasteiger partial charge >= 0.3 is 12.2 Å². The molecule has 0 atom stereocenters. The average molecular weight is 256 g/mol. The Morgan fingerprint density at radius 3 is 2.15 bits per heavy atom. The molecule has 6 heteroatoms. The maximum absolute atomic E-state index is 11.2. The highest BCUT2D eigenvalue weighted by atomic mass is 35.8. The van der Waals surface area contributed by atoms with Crippen molar-refractivity contribution in [3.8, 4) is 0 Å². The van der Waals surface area contributed by atoms with E-state index in [1.807, 2.05) is 0 Å². The van der Waals surface area contributed by atoms with Gasteiger partial charge in [0.2, 0.25) is 0 Å². The molecule has 0 amide bonds. The molecule has 0 fully saturated rings. The average Bonchev–Trinajstić information content (AvgIpc) is 2.03. The summed E-state index contributed by atoms with van der Waals surface area (Å²) >= 11 is 16.2. The zero-order valence-electron chi connectivity index (χ0n) is 6.34. The van der Waals surface area contributed by atoms with E-state index in [2.05, 4.69) is 4.43 Å². The van der Waals surface area contributed by atoms with Gasteiger partial charge in [0.05, 0.1) is 5.56 Å². The van der Waals surface area contributed by atoms with Crippen LogP contribution in [0.4, 0.5) is 0 Å². The SMILES string of the molecule is O=C(O[Si](Cl)(Cl)Cl)c1ccccc1. The van der Waals surface area contributed by atoms with Gasteiger partial charge in [-0.2, -0.15) is 0 Å². The van der Waals surface area contributed by atoms with Gasteiger partial charge in [0, 0.05) is 0 Å². The first-order valence-corrected chi connectivity index (χ1v) is 8.28. The van der Waals surface area contributed by atoms with Crippen LogP contribution in [0.5, 0.6) is 0 Å². The lowest BCUT2D eigenvalue weighted by atomic mass is 10.2. The van der Waals surface area contributed by atoms with E-state index >= 15 is 0 Å². The molecule has 0 heterocycles. The largest absolute Gasteiger partial charge is 0.557 e. The normalized spacial score (nSPS) is 11.0. The molecule has 0 radical (unpaired) electrons. The van der Waals surface area contributed by atoms with Crippen LogP contribution in [0, 0.1) is 0 Å². The van der Waals surface area contributed by atoms with Gasteiger partial charge < -0.3 is 4.43 Å². The van der Waals surface area contributed by atoms with Gasteiger partial charge in [0.25, 0.3) is 0 Å². The summed E-state index contributed by atoms with van der Waals surface area (Å²) < 4.78 is 4.62. The van der Waals surface area contributed by atoms with Crippen molar-refractivity contribution in [1.29, 1.82) is 0 Å². The number of carbonyl (C=O) groups excluding carboxylic acids is 1. The van der Waals surface area contributed by atoms with Gasteiger partial charge in [-0.3, -0.25) is 0 Å². The van der Waals surface area contributed by atoms with Crippen molar-refractivity contribution < 1.29 is 9.22 Å². The molecule has 0 aliphatic carbocycles. The van der Waals surface area contributed by atoms with Gasteiger partial charge in [-0.15, -0.1) is 0 Å². The molecule has 1 aromatic rings. The van der Waals surface area contributed by atoms with Crippen LogP contribution in [-0.4, -0.2) is 12.2 Å². The smallest absolute Gasteiger partial charge is 0.477 e. The molecule has 2 nitrogen and oxygen atoms in total. The third-order valence-corrected chi connectivity index (χ3v) is 2.33. The summed E-state index contributed by atoms with van der Waals surface area (Å²) in [7, 11) is 0. The number of benzene rings is 1. The van der Waals surface area contributed by atoms with Gasteiger partial charge in [-0.05, 0) is 12.1 Å². The van der Waals surface area contributed by atoms with E-state index in [9.17, 15) is 4.79 Å². The Morgan fingerprint density at radius 1 is 1.15 bits per heavy atom. The van der Waals surface area contributed by atoms with Crippen molar-refractivity contribution in [2.24, 2.45) is 0 Å². The predicted molar refractivity (Wildman–Crippen MR) is 55.2 cm³/mol. The number of halogens is 3. The standard InChI is InChI=1S/C7H5Cl3O2Si/c8-13(9,10)12-7(11)6-4-2-1-3-5-6/h1-5H. The summed E-state index contributed by atoms with van der Waals surface area (Å²) in [4.78, 5) is 11.2. The second-order valence-electron chi connectivity index (χ2n) is 2.20. The zero-order valence-corrected chi connectivity index (χ0v) is 9.60. The summed E-state index contributed by atoms with van der Waals surface area (Å²) in [6.45, 7) is 0. The molecule has 0 unspecified atom stereocenters. The molecule has 0 saturated carbocycles. The van der Waals surface area contributed by atoms with Crippen molar-refractivity contribution in [2.75, 3.05) is 0 Å². The van der Waals surface area contributed by atoms with Crippen LogP contribution < -0.4 is 0 Å². The highest BCUT2D eigenvalue weighted by molar-refractivity contribution is 7.62. The maximum Gasteiger partial charge on any atom is 0.557 e. The number of hydrogen-bond acceptors (Lipinski definition) is 2. The molecule has 0 saturated heterocycles. The fourth-order valence-electron chi connectivity index (χ4n) is 0.738. The molecule has 1 aromatic carbocycles. The molecule has 13 heavy (non-hydrogen) atoms. The second-order valence-corrected chi connectivity index (χ2v) is 9.83. The Morgan fingerprint density at radius 2 is 1.69 bits per heavy atom. The molecule has 0 aliphatic heterocycles. The molecule has 0 aliphatic rings. The van der Waals surface area contributed by atoms with Crippen LogP contribution in [0.15, 0.2) is 30.3 Å². The summed E-state index contributed by atoms with van der Waals surface area (Å²) in [6.07, 6.45) is -3.34. The minimum absolute atomic E-state index is 0.376. The fraction of sp³-hybridized carbons (Fsp3) is 0. The topological polar surface area (TPSA) is 26.3 Å². The van der Waals surface area contributed by atoms with Gasteiger partial charge in [-0.25, -0.2) is 4.79 Å². The molecule has 0 bridgehead atoms. The first-order chi connectivity index (χ1) is 5.99. The van der Waals surface area contributed by atoms with Crippen LogP contribution in [0.3, 0.4) is 0 Å². The van der Waals surface area contributed by atoms with E-state index in [-0.39, 0.29) is 0 Å². The Kier molecular flexibility index (Phi) is 3.61. The minimum Gasteiger partial charge on any atom is -0.477 e. The third-order valence-electron chi connectivity index (χ3n) is 1.22. The molecule has 0 spiro atoms. The fourth-order valence-corrected chi connectivity index (χ4v) is 1.70. The van der Waals surface area contributed by atoms with Crippen molar-refractivity contribution in [1.82, 2.24) is 0 Å². The van der Waals surface area contributed by atoms with Crippen LogP contribution >= 0.6 is 33.2 Å². The highest BCUT2D eigenvalue weighted by Crippen LogP contribution is 2.22. The van der Waals surface area contributed by atoms with Crippen LogP contribution in [-0.2, 0) is 4.43 Å². The summed E-state index contributed by atoms with van der Waals surface area (Å²) in [5, 5.41) is 0. The maximum atomic E-state index is 11.2. The monoisotopic (exact) mass is 254 g/mol. The van der Waals surface area contributed by atoms with Crippen LogP contribution in [0.1, 0.15) is 10.4 Å². The third kappa shape index (κ3) is 4.00. The molecule has 1 rings (SSSR count). The molecule has 0 N–H and O–H groups in total. The van der Waals surface area contributed by atoms with E-state index in [0.29, 0.717) is 5.56 Å².